The molecule has 47 heavy (non-hydrogen) atoms. The lowest BCUT2D eigenvalue weighted by molar-refractivity contribution is 0.669. The van der Waals surface area contributed by atoms with Crippen LogP contribution in [0.1, 0.15) is 0 Å². The second-order valence-electron chi connectivity index (χ2n) is 11.7. The van der Waals surface area contributed by atoms with E-state index in [-0.39, 0.29) is 0 Å². The molecule has 0 spiro atoms. The Bertz CT molecular complexity index is 2940. The first-order valence-electron chi connectivity index (χ1n) is 15.3. The first kappa shape index (κ1) is 26.4. The highest BCUT2D eigenvalue weighted by Crippen LogP contribution is 2.40. The van der Waals surface area contributed by atoms with Crippen molar-refractivity contribution in [3.05, 3.63) is 139 Å². The van der Waals surface area contributed by atoms with Gasteiger partial charge in [-0.1, -0.05) is 72.8 Å². The van der Waals surface area contributed by atoms with Crippen molar-refractivity contribution in [3.63, 3.8) is 0 Å². The third-order valence-electron chi connectivity index (χ3n) is 8.92. The molecule has 0 radical (unpaired) electrons. The molecule has 10 aromatic rings. The molecule has 0 aliphatic carbocycles. The minimum atomic E-state index is 0.655. The van der Waals surface area contributed by atoms with Crippen LogP contribution in [0.15, 0.2) is 132 Å². The van der Waals surface area contributed by atoms with Crippen LogP contribution in [0, 0.1) is 6.57 Å². The molecule has 0 aliphatic rings. The minimum Gasteiger partial charge on any atom is -0.456 e. The number of nitrogens with zero attached hydrogens (tertiary/aromatic N) is 3. The van der Waals surface area contributed by atoms with Gasteiger partial charge in [0, 0.05) is 62.4 Å². The van der Waals surface area contributed by atoms with Crippen molar-refractivity contribution in [2.75, 3.05) is 0 Å². The summed E-state index contributed by atoms with van der Waals surface area (Å²) < 4.78 is 10.9. The first-order chi connectivity index (χ1) is 23.2. The van der Waals surface area contributed by atoms with Crippen molar-refractivity contribution in [2.24, 2.45) is 0 Å². The van der Waals surface area contributed by atoms with Crippen LogP contribution in [0.4, 0.5) is 5.69 Å². The zero-order valence-corrected chi connectivity index (χ0v) is 26.3. The van der Waals surface area contributed by atoms with Crippen molar-refractivity contribution in [3.8, 4) is 33.9 Å². The summed E-state index contributed by atoms with van der Waals surface area (Å²) in [4.78, 5) is 14.0. The summed E-state index contributed by atoms with van der Waals surface area (Å²) in [5.74, 6) is 0.673. The average molecular weight is 636 g/mol. The molecule has 218 valence electrons. The fourth-order valence-corrected chi connectivity index (χ4v) is 8.94. The van der Waals surface area contributed by atoms with E-state index in [9.17, 15) is 0 Å². The molecular formula is C41H21N3OS2. The zero-order valence-electron chi connectivity index (χ0n) is 24.7. The molecule has 0 bridgehead atoms. The maximum atomic E-state index is 7.44. The second kappa shape index (κ2) is 10.1. The number of thiophene rings is 2. The van der Waals surface area contributed by atoms with Gasteiger partial charge < -0.3 is 4.42 Å². The number of hydrogen-bond donors (Lipinski definition) is 0. The van der Waals surface area contributed by atoms with E-state index in [1.165, 1.54) is 25.6 Å². The van der Waals surface area contributed by atoms with E-state index >= 15 is 0 Å². The Hall–Kier alpha value is -5.87. The monoisotopic (exact) mass is 635 g/mol. The van der Waals surface area contributed by atoms with Gasteiger partial charge in [-0.15, -0.1) is 22.7 Å². The van der Waals surface area contributed by atoms with Gasteiger partial charge in [0.1, 0.15) is 11.2 Å². The van der Waals surface area contributed by atoms with Crippen molar-refractivity contribution in [1.29, 1.82) is 0 Å². The standard InChI is InChI=1S/C41H21N3OS2/c1-42-26-13-16-31-30-15-11-25(20-39(30)47-40(31)21-26)41-43-33(23-12-17-36-32(18-23)27-6-2-4-8-35(27)45-36)22-34(44-41)24-10-14-29-28-7-3-5-9-37(28)46-38(29)19-24/h2-22H. The predicted octanol–water partition coefficient (Wildman–Crippen LogP) is 12.7. The summed E-state index contributed by atoms with van der Waals surface area (Å²) in [7, 11) is 0. The molecule has 0 unspecified atom stereocenters. The SMILES string of the molecule is [C-]#[N+]c1ccc2c(c1)sc1cc(-c3nc(-c4ccc5c(c4)sc4ccccc45)cc(-c4ccc5oc6ccccc6c5c4)n3)ccc12. The summed E-state index contributed by atoms with van der Waals surface area (Å²) in [5, 5.41) is 7.04. The maximum absolute atomic E-state index is 7.44. The van der Waals surface area contributed by atoms with Gasteiger partial charge >= 0.3 is 0 Å². The smallest absolute Gasteiger partial charge is 0.188 e. The summed E-state index contributed by atoms with van der Waals surface area (Å²) in [6.45, 7) is 7.44. The molecule has 0 amide bonds. The van der Waals surface area contributed by atoms with Gasteiger partial charge in [-0.3, -0.25) is 0 Å². The van der Waals surface area contributed by atoms with Gasteiger partial charge in [0.25, 0.3) is 0 Å². The van der Waals surface area contributed by atoms with E-state index in [0.29, 0.717) is 11.5 Å². The van der Waals surface area contributed by atoms with Gasteiger partial charge in [0.2, 0.25) is 0 Å². The van der Waals surface area contributed by atoms with Crippen LogP contribution < -0.4 is 0 Å². The number of hydrogen-bond acceptors (Lipinski definition) is 5. The number of rotatable bonds is 3. The normalized spacial score (nSPS) is 11.8. The quantitative estimate of drug-likeness (QED) is 0.181. The van der Waals surface area contributed by atoms with Gasteiger partial charge in [-0.2, -0.15) is 0 Å². The van der Waals surface area contributed by atoms with E-state index in [4.69, 9.17) is 21.0 Å². The molecule has 4 heterocycles. The molecule has 0 fully saturated rings. The highest BCUT2D eigenvalue weighted by molar-refractivity contribution is 7.26. The largest absolute Gasteiger partial charge is 0.456 e. The van der Waals surface area contributed by atoms with E-state index in [0.717, 1.165) is 64.8 Å². The Labute approximate surface area is 276 Å². The summed E-state index contributed by atoms with van der Waals surface area (Å²) in [6.07, 6.45) is 0. The lowest BCUT2D eigenvalue weighted by Crippen LogP contribution is -1.96. The Balaban J connectivity index is 1.18. The van der Waals surface area contributed by atoms with E-state index in [2.05, 4.69) is 95.8 Å². The van der Waals surface area contributed by atoms with E-state index in [1.807, 2.05) is 47.7 Å². The van der Waals surface area contributed by atoms with Crippen LogP contribution in [0.3, 0.4) is 0 Å². The highest BCUT2D eigenvalue weighted by Gasteiger charge is 2.16. The third-order valence-corrected chi connectivity index (χ3v) is 11.2. The van der Waals surface area contributed by atoms with Crippen LogP contribution in [0.25, 0.3) is 101 Å². The Morgan fingerprint density at radius 1 is 0.468 bits per heavy atom. The highest BCUT2D eigenvalue weighted by atomic mass is 32.1. The van der Waals surface area contributed by atoms with Crippen molar-refractivity contribution >= 4 is 90.6 Å². The average Bonchev–Trinajstić information content (AvgIpc) is 3.81. The molecule has 0 saturated heterocycles. The molecule has 10 rings (SSSR count). The van der Waals surface area contributed by atoms with Gasteiger partial charge in [0.15, 0.2) is 11.5 Å². The predicted molar refractivity (Wildman–Crippen MR) is 198 cm³/mol. The van der Waals surface area contributed by atoms with Gasteiger partial charge in [0.05, 0.1) is 18.0 Å². The number of para-hydroxylation sites is 1. The molecule has 0 saturated carbocycles. The lowest BCUT2D eigenvalue weighted by Gasteiger charge is -2.10. The molecule has 4 nitrogen and oxygen atoms in total. The van der Waals surface area contributed by atoms with Crippen LogP contribution in [-0.4, -0.2) is 9.97 Å². The Morgan fingerprint density at radius 3 is 1.85 bits per heavy atom. The van der Waals surface area contributed by atoms with Crippen LogP contribution in [-0.2, 0) is 0 Å². The van der Waals surface area contributed by atoms with Crippen LogP contribution in [0.5, 0.6) is 0 Å². The van der Waals surface area contributed by atoms with Crippen LogP contribution >= 0.6 is 22.7 Å². The fraction of sp³-hybridized carbons (Fsp3) is 0. The zero-order chi connectivity index (χ0) is 31.1. The second-order valence-corrected chi connectivity index (χ2v) is 13.9. The van der Waals surface area contributed by atoms with Crippen molar-refractivity contribution in [1.82, 2.24) is 9.97 Å². The van der Waals surface area contributed by atoms with E-state index in [1.54, 1.807) is 11.3 Å². The summed E-state index contributed by atoms with van der Waals surface area (Å²) in [5.41, 5.74) is 7.13. The molecule has 0 aliphatic heterocycles. The first-order valence-corrected chi connectivity index (χ1v) is 16.9. The molecule has 4 aromatic heterocycles. The van der Waals surface area contributed by atoms with Crippen molar-refractivity contribution < 1.29 is 4.42 Å². The summed E-state index contributed by atoms with van der Waals surface area (Å²) in [6, 6.07) is 44.1. The van der Waals surface area contributed by atoms with Crippen LogP contribution in [0.2, 0.25) is 0 Å². The maximum Gasteiger partial charge on any atom is 0.188 e. The number of furan rings is 1. The number of fused-ring (bicyclic) bond motifs is 9. The van der Waals surface area contributed by atoms with Gasteiger partial charge in [-0.05, 0) is 60.0 Å². The van der Waals surface area contributed by atoms with Gasteiger partial charge in [-0.25, -0.2) is 14.8 Å². The summed E-state index contributed by atoms with van der Waals surface area (Å²) >= 11 is 3.51. The minimum absolute atomic E-state index is 0.655. The third kappa shape index (κ3) is 4.18. The van der Waals surface area contributed by atoms with E-state index < -0.39 is 0 Å². The number of aromatic nitrogens is 2. The molecule has 6 aromatic carbocycles. The molecular weight excluding hydrogens is 615 g/mol. The Kier molecular flexibility index (Phi) is 5.64. The molecule has 6 heteroatoms. The molecule has 0 atom stereocenters. The Morgan fingerprint density at radius 2 is 1.04 bits per heavy atom. The van der Waals surface area contributed by atoms with Crippen molar-refractivity contribution in [2.45, 2.75) is 0 Å². The topological polar surface area (TPSA) is 43.3 Å². The lowest BCUT2D eigenvalue weighted by atomic mass is 10.0. The fourth-order valence-electron chi connectivity index (χ4n) is 6.62. The molecule has 0 N–H and O–H groups in total. The number of benzene rings is 6.